The maximum atomic E-state index is 10.2. The molecule has 0 spiro atoms. The minimum atomic E-state index is -2.17. The summed E-state index contributed by atoms with van der Waals surface area (Å²) in [7, 11) is 0. The molecule has 70 valence electrons. The number of carboxylic acid groups (broad SMARTS) is 2. The highest BCUT2D eigenvalue weighted by molar-refractivity contribution is 5.76. The molecule has 0 saturated carbocycles. The van der Waals surface area contributed by atoms with E-state index in [0.29, 0.717) is 0 Å². The smallest absolute Gasteiger partial charge is 0.128 e. The lowest BCUT2D eigenvalue weighted by Gasteiger charge is -2.25. The number of rotatable bonds is 4. The monoisotopic (exact) mass is 176 g/mol. The molecule has 0 heterocycles. The molecule has 0 amide bonds. The number of aliphatic hydroxyl groups is 1. The van der Waals surface area contributed by atoms with Crippen molar-refractivity contribution in [3.63, 3.8) is 0 Å². The Labute approximate surface area is 68.6 Å². The zero-order valence-corrected chi connectivity index (χ0v) is 6.57. The molecule has 0 aromatic heterocycles. The van der Waals surface area contributed by atoms with Gasteiger partial charge in [0, 0.05) is 6.42 Å². The Morgan fingerprint density at radius 1 is 1.58 bits per heavy atom. The van der Waals surface area contributed by atoms with Crippen LogP contribution >= 0.6 is 0 Å². The largest absolute Gasteiger partial charge is 0.547 e. The summed E-state index contributed by atoms with van der Waals surface area (Å²) < 4.78 is 0. The molecule has 0 fully saturated rings. The van der Waals surface area contributed by atoms with Gasteiger partial charge in [-0.2, -0.15) is 0 Å². The van der Waals surface area contributed by atoms with Crippen LogP contribution in [0.25, 0.3) is 0 Å². The highest BCUT2D eigenvalue weighted by atomic mass is 16.4. The summed E-state index contributed by atoms with van der Waals surface area (Å²) in [5.74, 6) is -3.23. The quantitative estimate of drug-likeness (QED) is 0.444. The average molecular weight is 176 g/mol. The van der Waals surface area contributed by atoms with Crippen molar-refractivity contribution in [2.45, 2.75) is 25.0 Å². The van der Waals surface area contributed by atoms with E-state index in [2.05, 4.69) is 5.73 Å². The summed E-state index contributed by atoms with van der Waals surface area (Å²) in [4.78, 5) is 20.3. The van der Waals surface area contributed by atoms with Crippen molar-refractivity contribution < 1.29 is 30.6 Å². The standard InChI is InChI=1S/C6H11NO5/c1-6(12,5(10)11)2-3(7)4(8)9/h3,12H,2,7H2,1H3,(H,8,9)(H,10,11)/p-1/t3-,6-/m0/s1. The molecule has 12 heavy (non-hydrogen) atoms. The number of hydrogen-bond donors (Lipinski definition) is 2. The van der Waals surface area contributed by atoms with E-state index in [9.17, 15) is 19.8 Å². The molecule has 0 unspecified atom stereocenters. The molecule has 4 N–H and O–H groups in total. The molecule has 0 rings (SSSR count). The van der Waals surface area contributed by atoms with E-state index in [1.54, 1.807) is 0 Å². The maximum Gasteiger partial charge on any atom is 0.128 e. The summed E-state index contributed by atoms with van der Waals surface area (Å²) in [5, 5.41) is 29.3. The van der Waals surface area contributed by atoms with Crippen LogP contribution in [-0.4, -0.2) is 28.7 Å². The molecule has 6 heteroatoms. The highest BCUT2D eigenvalue weighted by Gasteiger charge is 2.27. The Kier molecular flexibility index (Phi) is 3.17. The Balaban J connectivity index is 4.24. The van der Waals surface area contributed by atoms with Gasteiger partial charge in [-0.1, -0.05) is 0 Å². The summed E-state index contributed by atoms with van der Waals surface area (Å²) in [6.07, 6.45) is -0.530. The Bertz CT molecular complexity index is 200. The predicted octanol–water partition coefficient (Wildman–Crippen LogP) is -4.76. The van der Waals surface area contributed by atoms with E-state index in [4.69, 9.17) is 5.11 Å². The van der Waals surface area contributed by atoms with Crippen LogP contribution in [0.3, 0.4) is 0 Å². The van der Waals surface area contributed by atoms with Gasteiger partial charge in [0.1, 0.15) is 11.6 Å². The molecule has 0 aliphatic rings. The van der Waals surface area contributed by atoms with Gasteiger partial charge in [0.2, 0.25) is 0 Å². The van der Waals surface area contributed by atoms with Crippen LogP contribution in [0.1, 0.15) is 13.3 Å². The van der Waals surface area contributed by atoms with Crippen molar-refractivity contribution in [1.29, 1.82) is 0 Å². The molecule has 0 bridgehead atoms. The molecule has 0 saturated heterocycles. The molecule has 0 aromatic rings. The SMILES string of the molecule is C[C@](O)(C[C@H]([NH3+])C(=O)[O-])C(=O)[O-]. The van der Waals surface area contributed by atoms with Gasteiger partial charge in [-0.3, -0.25) is 0 Å². The predicted molar refractivity (Wildman–Crippen MR) is 31.9 cm³/mol. The van der Waals surface area contributed by atoms with Gasteiger partial charge in [0.25, 0.3) is 0 Å². The van der Waals surface area contributed by atoms with E-state index in [1.165, 1.54) is 0 Å². The van der Waals surface area contributed by atoms with Crippen molar-refractivity contribution in [3.8, 4) is 0 Å². The highest BCUT2D eigenvalue weighted by Crippen LogP contribution is 2.08. The van der Waals surface area contributed by atoms with Crippen molar-refractivity contribution >= 4 is 11.9 Å². The van der Waals surface area contributed by atoms with E-state index >= 15 is 0 Å². The number of hydrogen-bond acceptors (Lipinski definition) is 5. The van der Waals surface area contributed by atoms with Crippen LogP contribution in [-0.2, 0) is 9.59 Å². The first kappa shape index (κ1) is 10.9. The summed E-state index contributed by atoms with van der Waals surface area (Å²) in [6, 6.07) is -1.27. The number of carbonyl (C=O) groups is 2. The number of aliphatic carboxylic acids is 2. The minimum absolute atomic E-state index is 0.530. The Morgan fingerprint density at radius 2 is 2.00 bits per heavy atom. The van der Waals surface area contributed by atoms with Gasteiger partial charge in [0.05, 0.1) is 11.9 Å². The van der Waals surface area contributed by atoms with Crippen molar-refractivity contribution in [2.24, 2.45) is 0 Å². The zero-order chi connectivity index (χ0) is 9.94. The van der Waals surface area contributed by atoms with Crippen LogP contribution < -0.4 is 15.9 Å². The van der Waals surface area contributed by atoms with Gasteiger partial charge in [0.15, 0.2) is 0 Å². The molecular weight excluding hydrogens is 166 g/mol. The second-order valence-electron chi connectivity index (χ2n) is 2.78. The summed E-state index contributed by atoms with van der Waals surface area (Å²) in [6.45, 7) is 0.948. The van der Waals surface area contributed by atoms with E-state index in [1.807, 2.05) is 0 Å². The fourth-order valence-electron chi connectivity index (χ4n) is 0.646. The lowest BCUT2D eigenvalue weighted by Crippen LogP contribution is -2.71. The topological polar surface area (TPSA) is 128 Å². The zero-order valence-electron chi connectivity index (χ0n) is 6.57. The van der Waals surface area contributed by atoms with Crippen LogP contribution in [0.5, 0.6) is 0 Å². The number of quaternary nitrogens is 1. The fraction of sp³-hybridized carbons (Fsp3) is 0.667. The Morgan fingerprint density at radius 3 is 2.25 bits per heavy atom. The van der Waals surface area contributed by atoms with Crippen LogP contribution in [0.2, 0.25) is 0 Å². The second kappa shape index (κ2) is 3.51. The molecule has 0 radical (unpaired) electrons. The average Bonchev–Trinajstić information content (AvgIpc) is 1.85. The number of carbonyl (C=O) groups excluding carboxylic acids is 2. The van der Waals surface area contributed by atoms with Crippen molar-refractivity contribution in [2.75, 3.05) is 0 Å². The maximum absolute atomic E-state index is 10.2. The third kappa shape index (κ3) is 2.85. The first-order valence-electron chi connectivity index (χ1n) is 3.25. The van der Waals surface area contributed by atoms with E-state index < -0.39 is 30.0 Å². The Hall–Kier alpha value is -1.14. The molecule has 2 atom stereocenters. The van der Waals surface area contributed by atoms with Crippen LogP contribution in [0.4, 0.5) is 0 Å². The normalized spacial score (nSPS) is 17.9. The van der Waals surface area contributed by atoms with Crippen molar-refractivity contribution in [1.82, 2.24) is 0 Å². The third-order valence-corrected chi connectivity index (χ3v) is 1.42. The van der Waals surface area contributed by atoms with Gasteiger partial charge in [-0.05, 0) is 6.92 Å². The number of carboxylic acids is 2. The first-order valence-corrected chi connectivity index (χ1v) is 3.25. The lowest BCUT2D eigenvalue weighted by molar-refractivity contribution is -0.443. The summed E-state index contributed by atoms with van der Waals surface area (Å²) in [5.41, 5.74) is 0.918. The molecular formula is C6H10NO5-. The van der Waals surface area contributed by atoms with Gasteiger partial charge in [-0.15, -0.1) is 0 Å². The lowest BCUT2D eigenvalue weighted by atomic mass is 9.98. The first-order chi connectivity index (χ1) is 5.27. The van der Waals surface area contributed by atoms with Crippen molar-refractivity contribution in [3.05, 3.63) is 0 Å². The third-order valence-electron chi connectivity index (χ3n) is 1.42. The van der Waals surface area contributed by atoms with Crippen LogP contribution in [0, 0.1) is 0 Å². The molecule has 0 aromatic carbocycles. The van der Waals surface area contributed by atoms with Gasteiger partial charge >= 0.3 is 0 Å². The molecule has 0 aliphatic heterocycles. The molecule has 0 aliphatic carbocycles. The fourth-order valence-corrected chi connectivity index (χ4v) is 0.646. The van der Waals surface area contributed by atoms with E-state index in [-0.39, 0.29) is 0 Å². The summed E-state index contributed by atoms with van der Waals surface area (Å²) >= 11 is 0. The van der Waals surface area contributed by atoms with E-state index in [0.717, 1.165) is 6.92 Å². The van der Waals surface area contributed by atoms with Crippen LogP contribution in [0.15, 0.2) is 0 Å². The minimum Gasteiger partial charge on any atom is -0.547 e. The van der Waals surface area contributed by atoms with Gasteiger partial charge in [-0.25, -0.2) is 0 Å². The second-order valence-corrected chi connectivity index (χ2v) is 2.78. The molecule has 6 nitrogen and oxygen atoms in total. The van der Waals surface area contributed by atoms with Gasteiger partial charge < -0.3 is 30.6 Å².